The summed E-state index contributed by atoms with van der Waals surface area (Å²) in [6.45, 7) is 5.75. The first-order valence-electron chi connectivity index (χ1n) is 6.99. The SMILES string of the molecule is CC1(C2CC2)CNCCN1Cc1cc(F)cc(F)c1. The molecule has 1 aliphatic carbocycles. The van der Waals surface area contributed by atoms with E-state index in [-0.39, 0.29) is 5.54 Å². The van der Waals surface area contributed by atoms with Crippen LogP contribution >= 0.6 is 0 Å². The standard InChI is InChI=1S/C15H20F2N2/c1-15(12-2-3-12)10-18-4-5-19(15)9-11-6-13(16)8-14(17)7-11/h6-8,12,18H,2-5,9-10H2,1H3. The highest BCUT2D eigenvalue weighted by molar-refractivity contribution is 5.19. The summed E-state index contributed by atoms with van der Waals surface area (Å²) in [5.74, 6) is -0.254. The van der Waals surface area contributed by atoms with Gasteiger partial charge in [-0.2, -0.15) is 0 Å². The Kier molecular flexibility index (Phi) is 3.31. The van der Waals surface area contributed by atoms with Gasteiger partial charge in [0, 0.05) is 37.8 Å². The highest BCUT2D eigenvalue weighted by Crippen LogP contribution is 2.44. The van der Waals surface area contributed by atoms with Crippen molar-refractivity contribution in [2.45, 2.75) is 31.8 Å². The smallest absolute Gasteiger partial charge is 0.126 e. The molecule has 4 heteroatoms. The van der Waals surface area contributed by atoms with Crippen LogP contribution in [0.5, 0.6) is 0 Å². The Morgan fingerprint density at radius 2 is 1.95 bits per heavy atom. The van der Waals surface area contributed by atoms with Crippen molar-refractivity contribution in [3.8, 4) is 0 Å². The maximum atomic E-state index is 13.3. The van der Waals surface area contributed by atoms with Crippen molar-refractivity contribution in [3.63, 3.8) is 0 Å². The van der Waals surface area contributed by atoms with Gasteiger partial charge in [-0.3, -0.25) is 4.90 Å². The normalized spacial score (nSPS) is 28.6. The zero-order valence-corrected chi connectivity index (χ0v) is 11.3. The van der Waals surface area contributed by atoms with Crippen LogP contribution in [0, 0.1) is 17.6 Å². The number of nitrogens with one attached hydrogen (secondary N) is 1. The second-order valence-electron chi connectivity index (χ2n) is 6.01. The molecule has 1 aliphatic heterocycles. The second kappa shape index (κ2) is 4.84. The van der Waals surface area contributed by atoms with Crippen LogP contribution in [0.3, 0.4) is 0 Å². The summed E-state index contributed by atoms with van der Waals surface area (Å²) >= 11 is 0. The van der Waals surface area contributed by atoms with Gasteiger partial charge in [-0.05, 0) is 43.4 Å². The molecule has 3 rings (SSSR count). The first-order valence-corrected chi connectivity index (χ1v) is 6.99. The van der Waals surface area contributed by atoms with E-state index in [2.05, 4.69) is 17.1 Å². The highest BCUT2D eigenvalue weighted by Gasteiger charge is 2.46. The van der Waals surface area contributed by atoms with E-state index in [0.717, 1.165) is 37.2 Å². The van der Waals surface area contributed by atoms with Crippen molar-refractivity contribution in [2.24, 2.45) is 5.92 Å². The van der Waals surface area contributed by atoms with Crippen molar-refractivity contribution in [2.75, 3.05) is 19.6 Å². The highest BCUT2D eigenvalue weighted by atomic mass is 19.1. The minimum atomic E-state index is -0.488. The molecule has 2 nitrogen and oxygen atoms in total. The zero-order chi connectivity index (χ0) is 13.5. The monoisotopic (exact) mass is 266 g/mol. The average Bonchev–Trinajstić information content (AvgIpc) is 3.15. The average molecular weight is 266 g/mol. The molecule has 1 N–H and O–H groups in total. The van der Waals surface area contributed by atoms with Gasteiger partial charge in [-0.15, -0.1) is 0 Å². The number of rotatable bonds is 3. The largest absolute Gasteiger partial charge is 0.314 e. The van der Waals surface area contributed by atoms with Crippen LogP contribution in [0.15, 0.2) is 18.2 Å². The van der Waals surface area contributed by atoms with E-state index in [1.165, 1.54) is 25.0 Å². The molecule has 0 aromatic heterocycles. The Bertz CT molecular complexity index is 453. The Labute approximate surface area is 112 Å². The van der Waals surface area contributed by atoms with Gasteiger partial charge < -0.3 is 5.32 Å². The fraction of sp³-hybridized carbons (Fsp3) is 0.600. The second-order valence-corrected chi connectivity index (χ2v) is 6.01. The lowest BCUT2D eigenvalue weighted by atomic mass is 9.90. The van der Waals surface area contributed by atoms with Gasteiger partial charge in [0.1, 0.15) is 11.6 Å². The molecule has 1 heterocycles. The van der Waals surface area contributed by atoms with Crippen molar-refractivity contribution < 1.29 is 8.78 Å². The number of hydrogen-bond donors (Lipinski definition) is 1. The summed E-state index contributed by atoms with van der Waals surface area (Å²) in [4.78, 5) is 2.38. The van der Waals surface area contributed by atoms with Crippen molar-refractivity contribution in [1.29, 1.82) is 0 Å². The third-order valence-electron chi connectivity index (χ3n) is 4.52. The molecule has 1 atom stereocenters. The van der Waals surface area contributed by atoms with Crippen LogP contribution in [0.25, 0.3) is 0 Å². The molecule has 0 bridgehead atoms. The van der Waals surface area contributed by atoms with Gasteiger partial charge >= 0.3 is 0 Å². The fourth-order valence-corrected chi connectivity index (χ4v) is 3.21. The van der Waals surface area contributed by atoms with E-state index >= 15 is 0 Å². The maximum Gasteiger partial charge on any atom is 0.126 e. The predicted octanol–water partition coefficient (Wildman–Crippen LogP) is 2.54. The van der Waals surface area contributed by atoms with E-state index < -0.39 is 11.6 Å². The molecule has 104 valence electrons. The summed E-state index contributed by atoms with van der Waals surface area (Å²) < 4.78 is 26.5. The van der Waals surface area contributed by atoms with E-state index in [4.69, 9.17) is 0 Å². The molecule has 0 radical (unpaired) electrons. The summed E-state index contributed by atoms with van der Waals surface area (Å²) in [5, 5.41) is 3.45. The van der Waals surface area contributed by atoms with E-state index in [1.54, 1.807) is 0 Å². The Balaban J connectivity index is 1.80. The van der Waals surface area contributed by atoms with Crippen LogP contribution in [-0.4, -0.2) is 30.1 Å². The lowest BCUT2D eigenvalue weighted by Gasteiger charge is -2.46. The third kappa shape index (κ3) is 2.65. The van der Waals surface area contributed by atoms with Crippen molar-refractivity contribution >= 4 is 0 Å². The summed E-state index contributed by atoms with van der Waals surface area (Å²) in [6, 6.07) is 3.82. The van der Waals surface area contributed by atoms with Crippen LogP contribution in [-0.2, 0) is 6.54 Å². The van der Waals surface area contributed by atoms with Crippen LogP contribution in [0.1, 0.15) is 25.3 Å². The molecule has 1 saturated carbocycles. The minimum absolute atomic E-state index is 0.126. The minimum Gasteiger partial charge on any atom is -0.314 e. The molecule has 0 amide bonds. The summed E-state index contributed by atoms with van der Waals surface area (Å²) in [7, 11) is 0. The predicted molar refractivity (Wildman–Crippen MR) is 70.8 cm³/mol. The molecule has 1 unspecified atom stereocenters. The van der Waals surface area contributed by atoms with Gasteiger partial charge in [-0.25, -0.2) is 8.78 Å². The van der Waals surface area contributed by atoms with E-state index in [9.17, 15) is 8.78 Å². The number of hydrogen-bond acceptors (Lipinski definition) is 2. The molecule has 1 saturated heterocycles. The topological polar surface area (TPSA) is 15.3 Å². The quantitative estimate of drug-likeness (QED) is 0.904. The van der Waals surface area contributed by atoms with Gasteiger partial charge in [0.05, 0.1) is 0 Å². The van der Waals surface area contributed by atoms with Crippen LogP contribution in [0.2, 0.25) is 0 Å². The zero-order valence-electron chi connectivity index (χ0n) is 11.3. The first kappa shape index (κ1) is 13.0. The van der Waals surface area contributed by atoms with Gasteiger partial charge in [0.15, 0.2) is 0 Å². The third-order valence-corrected chi connectivity index (χ3v) is 4.52. The number of nitrogens with zero attached hydrogens (tertiary/aromatic N) is 1. The molecule has 1 aromatic rings. The van der Waals surface area contributed by atoms with Crippen LogP contribution < -0.4 is 5.32 Å². The van der Waals surface area contributed by atoms with Crippen molar-refractivity contribution in [3.05, 3.63) is 35.4 Å². The van der Waals surface area contributed by atoms with E-state index in [1.807, 2.05) is 0 Å². The van der Waals surface area contributed by atoms with Gasteiger partial charge in [0.25, 0.3) is 0 Å². The fourth-order valence-electron chi connectivity index (χ4n) is 3.21. The number of halogens is 2. The Hall–Kier alpha value is -1.00. The molecule has 2 aliphatic rings. The maximum absolute atomic E-state index is 13.3. The molecule has 0 spiro atoms. The molecular weight excluding hydrogens is 246 g/mol. The van der Waals surface area contributed by atoms with Gasteiger partial charge in [0.2, 0.25) is 0 Å². The van der Waals surface area contributed by atoms with Gasteiger partial charge in [-0.1, -0.05) is 0 Å². The number of piperazine rings is 1. The lowest BCUT2D eigenvalue weighted by molar-refractivity contribution is 0.0483. The number of benzene rings is 1. The molecule has 2 fully saturated rings. The summed E-state index contributed by atoms with van der Waals surface area (Å²) in [6.07, 6.45) is 2.54. The summed E-state index contributed by atoms with van der Waals surface area (Å²) in [5.41, 5.74) is 0.854. The molecule has 19 heavy (non-hydrogen) atoms. The Morgan fingerprint density at radius 3 is 2.58 bits per heavy atom. The molecular formula is C15H20F2N2. The van der Waals surface area contributed by atoms with Crippen LogP contribution in [0.4, 0.5) is 8.78 Å². The Morgan fingerprint density at radius 1 is 1.26 bits per heavy atom. The lowest BCUT2D eigenvalue weighted by Crippen LogP contribution is -2.60. The van der Waals surface area contributed by atoms with Crippen molar-refractivity contribution in [1.82, 2.24) is 10.2 Å². The molecule has 1 aromatic carbocycles. The van der Waals surface area contributed by atoms with E-state index in [0.29, 0.717) is 6.54 Å². The first-order chi connectivity index (χ1) is 9.08.